The van der Waals surface area contributed by atoms with Crippen molar-refractivity contribution in [1.29, 1.82) is 0 Å². The summed E-state index contributed by atoms with van der Waals surface area (Å²) in [4.78, 5) is 18.8. The Morgan fingerprint density at radius 3 is 2.72 bits per heavy atom. The second-order valence-corrected chi connectivity index (χ2v) is 6.91. The molecule has 3 N–H and O–H groups in total. The van der Waals surface area contributed by atoms with Gasteiger partial charge >= 0.3 is 0 Å². The number of anilines is 1. The van der Waals surface area contributed by atoms with E-state index in [1.165, 1.54) is 17.5 Å². The number of amides is 1. The lowest BCUT2D eigenvalue weighted by atomic mass is 10.2. The zero-order valence-corrected chi connectivity index (χ0v) is 19.3. The van der Waals surface area contributed by atoms with Gasteiger partial charge in [0.05, 0.1) is 12.8 Å². The molecule has 0 saturated carbocycles. The standard InChI is InChI=1S/C21H29N5O2.HI/c1-3-22-21(24-12-11-23-20(27)19-5-4-14-28-19)25-17-10-13-26(15-17)18-8-6-16(2)7-9-18;/h4-9,14,17H,3,10-13,15H2,1-2H3,(H,23,27)(H2,22,24,25);1H. The minimum Gasteiger partial charge on any atom is -0.459 e. The minimum atomic E-state index is -0.220. The number of aryl methyl sites for hydroxylation is 1. The fraction of sp³-hybridized carbons (Fsp3) is 0.429. The second kappa shape index (κ2) is 11.7. The van der Waals surface area contributed by atoms with Gasteiger partial charge in [-0.2, -0.15) is 0 Å². The number of furan rings is 1. The number of carbonyl (C=O) groups excluding carboxylic acids is 1. The van der Waals surface area contributed by atoms with E-state index in [2.05, 4.69) is 57.0 Å². The number of hydrogen-bond acceptors (Lipinski definition) is 4. The van der Waals surface area contributed by atoms with E-state index in [1.54, 1.807) is 12.1 Å². The fourth-order valence-corrected chi connectivity index (χ4v) is 3.21. The molecular weight excluding hydrogens is 481 g/mol. The average Bonchev–Trinajstić information content (AvgIpc) is 3.38. The van der Waals surface area contributed by atoms with Crippen molar-refractivity contribution in [2.24, 2.45) is 4.99 Å². The predicted molar refractivity (Wildman–Crippen MR) is 127 cm³/mol. The number of nitrogens with zero attached hydrogens (tertiary/aromatic N) is 2. The van der Waals surface area contributed by atoms with Gasteiger partial charge in [0.1, 0.15) is 0 Å². The van der Waals surface area contributed by atoms with Crippen LogP contribution >= 0.6 is 24.0 Å². The van der Waals surface area contributed by atoms with Crippen LogP contribution in [0.25, 0.3) is 0 Å². The lowest BCUT2D eigenvalue weighted by molar-refractivity contribution is 0.0927. The summed E-state index contributed by atoms with van der Waals surface area (Å²) < 4.78 is 5.08. The summed E-state index contributed by atoms with van der Waals surface area (Å²) in [5.41, 5.74) is 2.54. The van der Waals surface area contributed by atoms with E-state index in [4.69, 9.17) is 4.42 Å². The summed E-state index contributed by atoms with van der Waals surface area (Å²) in [5.74, 6) is 0.879. The van der Waals surface area contributed by atoms with Crippen molar-refractivity contribution in [3.8, 4) is 0 Å². The quantitative estimate of drug-likeness (QED) is 0.231. The zero-order valence-electron chi connectivity index (χ0n) is 17.0. The Morgan fingerprint density at radius 2 is 2.03 bits per heavy atom. The molecular formula is C21H30IN5O2. The molecule has 1 unspecified atom stereocenters. The van der Waals surface area contributed by atoms with E-state index in [0.29, 0.717) is 24.9 Å². The first-order valence-electron chi connectivity index (χ1n) is 9.84. The number of guanidine groups is 1. The van der Waals surface area contributed by atoms with Crippen LogP contribution in [-0.2, 0) is 0 Å². The molecule has 0 radical (unpaired) electrons. The highest BCUT2D eigenvalue weighted by Gasteiger charge is 2.23. The Bertz CT molecular complexity index is 777. The molecule has 1 atom stereocenters. The summed E-state index contributed by atoms with van der Waals surface area (Å²) in [6, 6.07) is 12.3. The number of halogens is 1. The first kappa shape index (κ1) is 23.1. The number of hydrogen-bond donors (Lipinski definition) is 3. The van der Waals surface area contributed by atoms with Crippen molar-refractivity contribution in [1.82, 2.24) is 16.0 Å². The van der Waals surface area contributed by atoms with Gasteiger partial charge in [0.2, 0.25) is 0 Å². The average molecular weight is 511 g/mol. The third-order valence-corrected chi connectivity index (χ3v) is 4.68. The van der Waals surface area contributed by atoms with Gasteiger partial charge < -0.3 is 25.3 Å². The lowest BCUT2D eigenvalue weighted by Gasteiger charge is -2.20. The van der Waals surface area contributed by atoms with Crippen molar-refractivity contribution >= 4 is 41.5 Å². The maximum absolute atomic E-state index is 11.9. The van der Waals surface area contributed by atoms with Crippen molar-refractivity contribution < 1.29 is 9.21 Å². The molecule has 1 aromatic carbocycles. The SMILES string of the molecule is CCNC(=NCCNC(=O)c1ccco1)NC1CCN(c2ccc(C)cc2)C1.I. The molecule has 1 aliphatic heterocycles. The fourth-order valence-electron chi connectivity index (χ4n) is 3.21. The monoisotopic (exact) mass is 511 g/mol. The number of rotatable bonds is 7. The molecule has 7 nitrogen and oxygen atoms in total. The maximum Gasteiger partial charge on any atom is 0.287 e. The van der Waals surface area contributed by atoms with Crippen LogP contribution in [0, 0.1) is 6.92 Å². The van der Waals surface area contributed by atoms with Gasteiger partial charge in [-0.3, -0.25) is 9.79 Å². The molecule has 1 amide bonds. The second-order valence-electron chi connectivity index (χ2n) is 6.91. The third kappa shape index (κ3) is 6.95. The highest BCUT2D eigenvalue weighted by atomic mass is 127. The van der Waals surface area contributed by atoms with E-state index in [1.807, 2.05) is 6.92 Å². The van der Waals surface area contributed by atoms with E-state index in [0.717, 1.165) is 32.0 Å². The topological polar surface area (TPSA) is 81.9 Å². The van der Waals surface area contributed by atoms with E-state index in [-0.39, 0.29) is 29.9 Å². The van der Waals surface area contributed by atoms with Gasteiger partial charge in [-0.05, 0) is 44.5 Å². The van der Waals surface area contributed by atoms with Gasteiger partial charge in [-0.1, -0.05) is 17.7 Å². The first-order valence-corrected chi connectivity index (χ1v) is 9.84. The summed E-state index contributed by atoms with van der Waals surface area (Å²) in [6.45, 7) is 7.87. The molecule has 2 aromatic rings. The van der Waals surface area contributed by atoms with Crippen LogP contribution in [-0.4, -0.2) is 50.6 Å². The normalized spacial score (nSPS) is 16.3. The predicted octanol–water partition coefficient (Wildman–Crippen LogP) is 2.77. The Kier molecular flexibility index (Phi) is 9.30. The van der Waals surface area contributed by atoms with Crippen molar-refractivity contribution in [3.63, 3.8) is 0 Å². The van der Waals surface area contributed by atoms with E-state index < -0.39 is 0 Å². The Balaban J connectivity index is 0.00000300. The van der Waals surface area contributed by atoms with Crippen LogP contribution in [0.2, 0.25) is 0 Å². The highest BCUT2D eigenvalue weighted by molar-refractivity contribution is 14.0. The summed E-state index contributed by atoms with van der Waals surface area (Å²) in [5, 5.41) is 9.59. The molecule has 0 bridgehead atoms. The maximum atomic E-state index is 11.9. The largest absolute Gasteiger partial charge is 0.459 e. The van der Waals surface area contributed by atoms with Crippen molar-refractivity contribution in [2.45, 2.75) is 26.3 Å². The molecule has 0 aliphatic carbocycles. The van der Waals surface area contributed by atoms with E-state index in [9.17, 15) is 4.79 Å². The molecule has 2 heterocycles. The van der Waals surface area contributed by atoms with Gasteiger partial charge in [-0.25, -0.2) is 0 Å². The van der Waals surface area contributed by atoms with Crippen molar-refractivity contribution in [2.75, 3.05) is 37.6 Å². The molecule has 8 heteroatoms. The summed E-state index contributed by atoms with van der Waals surface area (Å²) >= 11 is 0. The summed E-state index contributed by atoms with van der Waals surface area (Å²) in [6.07, 6.45) is 2.55. The van der Waals surface area contributed by atoms with E-state index >= 15 is 0 Å². The minimum absolute atomic E-state index is 0. The number of benzene rings is 1. The van der Waals surface area contributed by atoms with Gasteiger partial charge in [0, 0.05) is 37.9 Å². The third-order valence-electron chi connectivity index (χ3n) is 4.68. The molecule has 1 fully saturated rings. The van der Waals surface area contributed by atoms with Gasteiger partial charge in [0.25, 0.3) is 5.91 Å². The van der Waals surface area contributed by atoms with Crippen LogP contribution < -0.4 is 20.9 Å². The van der Waals surface area contributed by atoms with Gasteiger partial charge in [-0.15, -0.1) is 24.0 Å². The Labute approximate surface area is 189 Å². The van der Waals surface area contributed by atoms with Crippen LogP contribution in [0.5, 0.6) is 0 Å². The number of nitrogens with one attached hydrogen (secondary N) is 3. The molecule has 158 valence electrons. The van der Waals surface area contributed by atoms with Crippen LogP contribution in [0.4, 0.5) is 5.69 Å². The molecule has 0 spiro atoms. The van der Waals surface area contributed by atoms with Crippen LogP contribution in [0.3, 0.4) is 0 Å². The Morgan fingerprint density at radius 1 is 1.24 bits per heavy atom. The molecule has 1 aliphatic rings. The van der Waals surface area contributed by atoms with Crippen LogP contribution in [0.1, 0.15) is 29.5 Å². The first-order chi connectivity index (χ1) is 13.7. The molecule has 29 heavy (non-hydrogen) atoms. The number of carbonyl (C=O) groups is 1. The smallest absolute Gasteiger partial charge is 0.287 e. The zero-order chi connectivity index (χ0) is 19.8. The van der Waals surface area contributed by atoms with Crippen LogP contribution in [0.15, 0.2) is 52.1 Å². The summed E-state index contributed by atoms with van der Waals surface area (Å²) in [7, 11) is 0. The Hall–Kier alpha value is -2.23. The van der Waals surface area contributed by atoms with Crippen molar-refractivity contribution in [3.05, 3.63) is 54.0 Å². The molecule has 1 aromatic heterocycles. The lowest BCUT2D eigenvalue weighted by Crippen LogP contribution is -2.45. The number of aliphatic imine (C=N–C) groups is 1. The molecule has 1 saturated heterocycles. The molecule has 3 rings (SSSR count). The van der Waals surface area contributed by atoms with Gasteiger partial charge in [0.15, 0.2) is 11.7 Å². The highest BCUT2D eigenvalue weighted by Crippen LogP contribution is 2.20.